The molecule has 0 spiro atoms. The molecule has 2 heterocycles. The van der Waals surface area contributed by atoms with Gasteiger partial charge in [-0.05, 0) is 31.0 Å². The van der Waals surface area contributed by atoms with Crippen molar-refractivity contribution in [3.8, 4) is 5.75 Å². The van der Waals surface area contributed by atoms with Gasteiger partial charge in [0.1, 0.15) is 10.6 Å². The first-order valence-corrected chi connectivity index (χ1v) is 10.8. The van der Waals surface area contributed by atoms with Crippen molar-refractivity contribution >= 4 is 43.9 Å². The molecule has 1 amide bonds. The summed E-state index contributed by atoms with van der Waals surface area (Å²) in [5.74, 6) is -0.127. The van der Waals surface area contributed by atoms with Gasteiger partial charge in [0.25, 0.3) is 11.5 Å². The lowest BCUT2D eigenvalue weighted by Crippen LogP contribution is -2.20. The summed E-state index contributed by atoms with van der Waals surface area (Å²) in [4.78, 5) is 31.4. The maximum Gasteiger partial charge on any atom is 0.266 e. The number of unbranched alkanes of at least 4 members (excludes halogenated alkanes) is 2. The molecule has 7 heteroatoms. The van der Waals surface area contributed by atoms with E-state index < -0.39 is 0 Å². The number of phenolic OH excluding ortho intramolecular Hbond substituents is 1. The number of hydrogen-bond acceptors (Lipinski definition) is 5. The lowest BCUT2D eigenvalue weighted by Gasteiger charge is -2.09. The quantitative estimate of drug-likeness (QED) is 0.426. The molecule has 6 nitrogen and oxygen atoms in total. The maximum absolute atomic E-state index is 13.0. The van der Waals surface area contributed by atoms with Gasteiger partial charge in [-0.3, -0.25) is 14.2 Å². The summed E-state index contributed by atoms with van der Waals surface area (Å²) in [6.07, 6.45) is 4.64. The highest BCUT2D eigenvalue weighted by Gasteiger charge is 2.20. The summed E-state index contributed by atoms with van der Waals surface area (Å²) in [5.41, 5.74) is 1.16. The van der Waals surface area contributed by atoms with Gasteiger partial charge in [0.2, 0.25) is 0 Å². The summed E-state index contributed by atoms with van der Waals surface area (Å²) >= 11 is 1.23. The normalized spacial score (nSPS) is 11.3. The van der Waals surface area contributed by atoms with Gasteiger partial charge in [-0.2, -0.15) is 0 Å². The van der Waals surface area contributed by atoms with Crippen LogP contribution in [0.2, 0.25) is 0 Å². The Balaban J connectivity index is 1.69. The number of hydrogen-bond donors (Lipinski definition) is 2. The third kappa shape index (κ3) is 3.57. The van der Waals surface area contributed by atoms with E-state index in [0.717, 1.165) is 24.6 Å². The minimum absolute atomic E-state index is 0.0982. The van der Waals surface area contributed by atoms with Crippen LogP contribution in [0, 0.1) is 6.92 Å². The van der Waals surface area contributed by atoms with Crippen LogP contribution in [0.4, 0.5) is 5.69 Å². The molecule has 0 aliphatic rings. The molecule has 0 fully saturated rings. The van der Waals surface area contributed by atoms with Crippen molar-refractivity contribution in [1.29, 1.82) is 0 Å². The number of aryl methyl sites for hydroxylation is 2. The van der Waals surface area contributed by atoms with Gasteiger partial charge in [-0.1, -0.05) is 44.0 Å². The Hall–Kier alpha value is -3.19. The molecule has 0 saturated heterocycles. The first-order valence-electron chi connectivity index (χ1n) is 10.0. The number of benzene rings is 2. The summed E-state index contributed by atoms with van der Waals surface area (Å²) in [7, 11) is 0. The summed E-state index contributed by atoms with van der Waals surface area (Å²) in [6, 6.07) is 10.6. The Morgan fingerprint density at radius 2 is 1.93 bits per heavy atom. The average Bonchev–Trinajstić information content (AvgIpc) is 3.08. The SMILES string of the molecule is CCCCCn1cnc2sc(C(=O)Nc3cccc4c(O)cccc34)c(C)c2c1=O. The van der Waals surface area contributed by atoms with Crippen molar-refractivity contribution < 1.29 is 9.90 Å². The van der Waals surface area contributed by atoms with Crippen molar-refractivity contribution in [2.24, 2.45) is 0 Å². The second-order valence-corrected chi connectivity index (χ2v) is 8.32. The Morgan fingerprint density at radius 3 is 2.73 bits per heavy atom. The molecule has 4 rings (SSSR count). The van der Waals surface area contributed by atoms with Crippen molar-refractivity contribution in [2.75, 3.05) is 5.32 Å². The number of phenols is 1. The van der Waals surface area contributed by atoms with E-state index in [0.29, 0.717) is 38.3 Å². The fourth-order valence-corrected chi connectivity index (χ4v) is 4.68. The highest BCUT2D eigenvalue weighted by atomic mass is 32.1. The van der Waals surface area contributed by atoms with Crippen molar-refractivity contribution in [1.82, 2.24) is 9.55 Å². The maximum atomic E-state index is 13.0. The second-order valence-electron chi connectivity index (χ2n) is 7.32. The fraction of sp³-hybridized carbons (Fsp3) is 0.261. The van der Waals surface area contributed by atoms with Gasteiger partial charge >= 0.3 is 0 Å². The molecule has 2 aromatic heterocycles. The zero-order valence-corrected chi connectivity index (χ0v) is 17.8. The van der Waals surface area contributed by atoms with Crippen molar-refractivity contribution in [3.05, 3.63) is 63.5 Å². The summed E-state index contributed by atoms with van der Waals surface area (Å²) < 4.78 is 1.63. The second kappa shape index (κ2) is 8.28. The van der Waals surface area contributed by atoms with Crippen LogP contribution in [0.25, 0.3) is 21.0 Å². The summed E-state index contributed by atoms with van der Waals surface area (Å²) in [6.45, 7) is 4.55. The van der Waals surface area contributed by atoms with Crippen LogP contribution in [0.5, 0.6) is 5.75 Å². The Labute approximate surface area is 177 Å². The first-order chi connectivity index (χ1) is 14.5. The van der Waals surface area contributed by atoms with E-state index in [4.69, 9.17) is 0 Å². The number of carbonyl (C=O) groups is 1. The van der Waals surface area contributed by atoms with E-state index in [-0.39, 0.29) is 17.2 Å². The highest BCUT2D eigenvalue weighted by molar-refractivity contribution is 7.20. The molecule has 0 unspecified atom stereocenters. The number of anilines is 1. The van der Waals surface area contributed by atoms with Crippen LogP contribution in [0.15, 0.2) is 47.5 Å². The molecular formula is C23H23N3O3S. The van der Waals surface area contributed by atoms with Crippen LogP contribution < -0.4 is 10.9 Å². The average molecular weight is 422 g/mol. The Kier molecular flexibility index (Phi) is 5.55. The topological polar surface area (TPSA) is 84.2 Å². The van der Waals surface area contributed by atoms with Gasteiger partial charge < -0.3 is 10.4 Å². The van der Waals surface area contributed by atoms with Crippen molar-refractivity contribution in [2.45, 2.75) is 39.7 Å². The monoisotopic (exact) mass is 421 g/mol. The van der Waals surface area contributed by atoms with Gasteiger partial charge in [0.05, 0.1) is 16.6 Å². The standard InChI is InChI=1S/C23H23N3O3S/c1-3-4-5-12-26-13-24-22-19(23(26)29)14(2)20(30-22)21(28)25-17-10-6-9-16-15(17)8-7-11-18(16)27/h6-11,13,27H,3-5,12H2,1-2H3,(H,25,28). The molecule has 154 valence electrons. The molecule has 0 aliphatic carbocycles. The Morgan fingerprint density at radius 1 is 1.17 bits per heavy atom. The predicted molar refractivity (Wildman–Crippen MR) is 122 cm³/mol. The molecule has 0 radical (unpaired) electrons. The fourth-order valence-electron chi connectivity index (χ4n) is 3.65. The van der Waals surface area contributed by atoms with Crippen LogP contribution in [0.1, 0.15) is 41.4 Å². The van der Waals surface area contributed by atoms with Crippen LogP contribution in [-0.2, 0) is 6.54 Å². The number of aromatic nitrogens is 2. The molecule has 0 atom stereocenters. The molecular weight excluding hydrogens is 398 g/mol. The number of amides is 1. The van der Waals surface area contributed by atoms with E-state index in [1.54, 1.807) is 48.1 Å². The van der Waals surface area contributed by atoms with E-state index in [2.05, 4.69) is 17.2 Å². The van der Waals surface area contributed by atoms with E-state index in [1.807, 2.05) is 6.07 Å². The number of carbonyl (C=O) groups excluding carboxylic acids is 1. The molecule has 0 aliphatic heterocycles. The number of thiophene rings is 1. The van der Waals surface area contributed by atoms with Gasteiger partial charge in [0.15, 0.2) is 0 Å². The van der Waals surface area contributed by atoms with E-state index in [9.17, 15) is 14.7 Å². The van der Waals surface area contributed by atoms with Crippen LogP contribution in [0.3, 0.4) is 0 Å². The summed E-state index contributed by atoms with van der Waals surface area (Å²) in [5, 5.41) is 14.9. The third-order valence-corrected chi connectivity index (χ3v) is 6.47. The molecule has 0 bridgehead atoms. The Bertz CT molecular complexity index is 1310. The molecule has 0 saturated carbocycles. The number of aromatic hydroxyl groups is 1. The van der Waals surface area contributed by atoms with Crippen molar-refractivity contribution in [3.63, 3.8) is 0 Å². The lowest BCUT2D eigenvalue weighted by atomic mass is 10.1. The lowest BCUT2D eigenvalue weighted by molar-refractivity contribution is 0.103. The zero-order valence-electron chi connectivity index (χ0n) is 16.9. The first kappa shape index (κ1) is 20.1. The van der Waals surface area contributed by atoms with Gasteiger partial charge in [-0.15, -0.1) is 11.3 Å². The zero-order chi connectivity index (χ0) is 21.3. The number of nitrogens with zero attached hydrogens (tertiary/aromatic N) is 2. The molecule has 30 heavy (non-hydrogen) atoms. The molecule has 2 aromatic carbocycles. The number of nitrogens with one attached hydrogen (secondary N) is 1. The number of fused-ring (bicyclic) bond motifs is 2. The highest BCUT2D eigenvalue weighted by Crippen LogP contribution is 2.32. The van der Waals surface area contributed by atoms with Crippen LogP contribution in [-0.4, -0.2) is 20.6 Å². The smallest absolute Gasteiger partial charge is 0.266 e. The van der Waals surface area contributed by atoms with E-state index in [1.165, 1.54) is 11.3 Å². The van der Waals surface area contributed by atoms with Gasteiger partial charge in [-0.25, -0.2) is 4.98 Å². The predicted octanol–water partition coefficient (Wildman–Crippen LogP) is 5.07. The minimum Gasteiger partial charge on any atom is -0.507 e. The van der Waals surface area contributed by atoms with Gasteiger partial charge in [0, 0.05) is 23.0 Å². The largest absolute Gasteiger partial charge is 0.507 e. The minimum atomic E-state index is -0.289. The van der Waals surface area contributed by atoms with E-state index >= 15 is 0 Å². The molecule has 4 aromatic rings. The third-order valence-electron chi connectivity index (χ3n) is 5.27. The van der Waals surface area contributed by atoms with Crippen LogP contribution >= 0.6 is 11.3 Å². The number of rotatable bonds is 6. The molecule has 2 N–H and O–H groups in total.